The number of rotatable bonds is 7. The summed E-state index contributed by atoms with van der Waals surface area (Å²) in [6.07, 6.45) is 2.70. The third-order valence-corrected chi connectivity index (χ3v) is 4.07. The highest BCUT2D eigenvalue weighted by atomic mass is 16.5. The number of carbonyl (C=O) groups is 1. The van der Waals surface area contributed by atoms with E-state index < -0.39 is 5.91 Å². The minimum Gasteiger partial charge on any atom is -0.493 e. The number of carbonyl (C=O) groups excluding carboxylic acids is 1. The summed E-state index contributed by atoms with van der Waals surface area (Å²) in [6.45, 7) is 0. The first kappa shape index (κ1) is 20.0. The number of nitrogens with zero attached hydrogens (tertiary/aromatic N) is 1. The van der Waals surface area contributed by atoms with Crippen LogP contribution in [0.3, 0.4) is 0 Å². The summed E-state index contributed by atoms with van der Waals surface area (Å²) >= 11 is 0. The lowest BCUT2D eigenvalue weighted by Gasteiger charge is -2.14. The molecule has 0 aliphatic carbocycles. The molecular formula is C21H20N2O6. The summed E-state index contributed by atoms with van der Waals surface area (Å²) in [6, 6.07) is 12.5. The molecule has 150 valence electrons. The van der Waals surface area contributed by atoms with E-state index in [4.69, 9.17) is 24.2 Å². The zero-order valence-electron chi connectivity index (χ0n) is 16.1. The molecule has 0 spiro atoms. The topological polar surface area (TPSA) is 99.1 Å². The average Bonchev–Trinajstić information content (AvgIpc) is 2.76. The Hall–Kier alpha value is -3.78. The highest BCUT2D eigenvalue weighted by Crippen LogP contribution is 2.42. The van der Waals surface area contributed by atoms with Crippen LogP contribution in [0.15, 0.2) is 48.5 Å². The number of ether oxygens (including phenoxy) is 4. The number of fused-ring (bicyclic) bond motifs is 1. The monoisotopic (exact) mass is 396 g/mol. The number of methoxy groups -OCH3 is 3. The van der Waals surface area contributed by atoms with E-state index in [-0.39, 0.29) is 0 Å². The van der Waals surface area contributed by atoms with Crippen molar-refractivity contribution in [2.75, 3.05) is 21.3 Å². The summed E-state index contributed by atoms with van der Waals surface area (Å²) in [5.74, 6) is 1.99. The molecule has 1 heterocycles. The van der Waals surface area contributed by atoms with Gasteiger partial charge >= 0.3 is 0 Å². The minimum absolute atomic E-state index is 0.487. The molecule has 0 saturated heterocycles. The quantitative estimate of drug-likeness (QED) is 0.358. The second-order valence-electron chi connectivity index (χ2n) is 5.86. The summed E-state index contributed by atoms with van der Waals surface area (Å²) in [7, 11) is 4.62. The number of hydrogen-bond acceptors (Lipinski definition) is 7. The molecule has 0 fully saturated rings. The van der Waals surface area contributed by atoms with E-state index in [1.807, 2.05) is 18.2 Å². The highest BCUT2D eigenvalue weighted by molar-refractivity contribution is 5.91. The first-order valence-corrected chi connectivity index (χ1v) is 8.58. The third kappa shape index (κ3) is 4.56. The molecule has 0 aliphatic rings. The molecule has 0 saturated carbocycles. The lowest BCUT2D eigenvalue weighted by molar-refractivity contribution is -0.124. The molecule has 3 aromatic rings. The number of aromatic nitrogens is 1. The Morgan fingerprint density at radius 3 is 2.31 bits per heavy atom. The number of benzene rings is 2. The summed E-state index contributed by atoms with van der Waals surface area (Å²) in [5.41, 5.74) is 2.84. The van der Waals surface area contributed by atoms with Crippen LogP contribution in [-0.4, -0.2) is 37.4 Å². The van der Waals surface area contributed by atoms with Gasteiger partial charge in [0.15, 0.2) is 11.5 Å². The zero-order valence-corrected chi connectivity index (χ0v) is 16.1. The first-order chi connectivity index (χ1) is 14.1. The Morgan fingerprint density at radius 1 is 0.966 bits per heavy atom. The van der Waals surface area contributed by atoms with Crippen LogP contribution in [0.1, 0.15) is 5.69 Å². The van der Waals surface area contributed by atoms with Gasteiger partial charge in [-0.2, -0.15) is 0 Å². The van der Waals surface area contributed by atoms with Crippen molar-refractivity contribution in [2.45, 2.75) is 0 Å². The Balaban J connectivity index is 1.88. The van der Waals surface area contributed by atoms with Gasteiger partial charge < -0.3 is 18.9 Å². The number of pyridine rings is 1. The van der Waals surface area contributed by atoms with Gasteiger partial charge in [-0.25, -0.2) is 10.5 Å². The van der Waals surface area contributed by atoms with Gasteiger partial charge in [-0.05, 0) is 30.3 Å². The maximum atomic E-state index is 11.1. The molecule has 1 amide bonds. The predicted molar refractivity (Wildman–Crippen MR) is 107 cm³/mol. The number of amides is 1. The van der Waals surface area contributed by atoms with Gasteiger partial charge in [-0.15, -0.1) is 0 Å². The van der Waals surface area contributed by atoms with Crippen molar-refractivity contribution in [1.29, 1.82) is 0 Å². The van der Waals surface area contributed by atoms with Crippen molar-refractivity contribution in [1.82, 2.24) is 10.5 Å². The molecule has 8 nitrogen and oxygen atoms in total. The normalized spacial score (nSPS) is 10.8. The van der Waals surface area contributed by atoms with Gasteiger partial charge in [0.05, 0.1) is 32.5 Å². The second-order valence-corrected chi connectivity index (χ2v) is 5.86. The third-order valence-electron chi connectivity index (χ3n) is 4.07. The molecule has 2 N–H and O–H groups in total. The molecule has 1 aromatic heterocycles. The van der Waals surface area contributed by atoms with Gasteiger partial charge in [0.2, 0.25) is 5.75 Å². The van der Waals surface area contributed by atoms with E-state index in [0.29, 0.717) is 34.4 Å². The van der Waals surface area contributed by atoms with Crippen molar-refractivity contribution in [3.63, 3.8) is 0 Å². The standard InChI is InChI=1S/C21H20N2O6/c1-26-18-11-16(12-19(27-2)21(18)28-3)29-15-7-8-17-13(10-15)4-5-14(22-17)6-9-20(24)23-25/h4-12,25H,1-3H3,(H,23,24)/b9-6+. The van der Waals surface area contributed by atoms with E-state index >= 15 is 0 Å². The largest absolute Gasteiger partial charge is 0.493 e. The fourth-order valence-electron chi connectivity index (χ4n) is 2.73. The van der Waals surface area contributed by atoms with Gasteiger partial charge in [-0.3, -0.25) is 10.0 Å². The Labute approximate surface area is 167 Å². The highest BCUT2D eigenvalue weighted by Gasteiger charge is 2.14. The van der Waals surface area contributed by atoms with Crippen molar-refractivity contribution < 1.29 is 28.9 Å². The van der Waals surface area contributed by atoms with E-state index in [9.17, 15) is 4.79 Å². The molecular weight excluding hydrogens is 376 g/mol. The van der Waals surface area contributed by atoms with Crippen LogP contribution >= 0.6 is 0 Å². The molecule has 29 heavy (non-hydrogen) atoms. The van der Waals surface area contributed by atoms with E-state index in [1.54, 1.807) is 38.5 Å². The maximum Gasteiger partial charge on any atom is 0.267 e. The number of hydroxylamine groups is 1. The molecule has 2 aromatic carbocycles. The fourth-order valence-corrected chi connectivity index (χ4v) is 2.73. The molecule has 0 bridgehead atoms. The van der Waals surface area contributed by atoms with Crippen molar-refractivity contribution in [2.24, 2.45) is 0 Å². The minimum atomic E-state index is -0.624. The molecule has 0 radical (unpaired) electrons. The van der Waals surface area contributed by atoms with Gasteiger partial charge in [-0.1, -0.05) is 6.07 Å². The predicted octanol–water partition coefficient (Wildman–Crippen LogP) is 3.57. The summed E-state index contributed by atoms with van der Waals surface area (Å²) in [5, 5.41) is 9.38. The van der Waals surface area contributed by atoms with E-state index in [2.05, 4.69) is 4.98 Å². The SMILES string of the molecule is COc1cc(Oc2ccc3nc(/C=C/C(=O)NO)ccc3c2)cc(OC)c1OC. The zero-order chi connectivity index (χ0) is 20.8. The smallest absolute Gasteiger partial charge is 0.267 e. The van der Waals surface area contributed by atoms with Crippen molar-refractivity contribution in [3.05, 3.63) is 54.2 Å². The van der Waals surface area contributed by atoms with Crippen LogP contribution in [0.5, 0.6) is 28.7 Å². The molecule has 3 rings (SSSR count). The Bertz CT molecular complexity index is 1040. The fraction of sp³-hybridized carbons (Fsp3) is 0.143. The van der Waals surface area contributed by atoms with Crippen LogP contribution in [0.25, 0.3) is 17.0 Å². The summed E-state index contributed by atoms with van der Waals surface area (Å²) in [4.78, 5) is 15.5. The lowest BCUT2D eigenvalue weighted by Crippen LogP contribution is -2.14. The van der Waals surface area contributed by atoms with E-state index in [0.717, 1.165) is 10.9 Å². The van der Waals surface area contributed by atoms with Crippen molar-refractivity contribution in [3.8, 4) is 28.7 Å². The molecule has 0 unspecified atom stereocenters. The van der Waals surface area contributed by atoms with Crippen LogP contribution in [-0.2, 0) is 4.79 Å². The molecule has 8 heteroatoms. The lowest BCUT2D eigenvalue weighted by atomic mass is 10.2. The Morgan fingerprint density at radius 2 is 1.69 bits per heavy atom. The van der Waals surface area contributed by atoms with Crippen molar-refractivity contribution >= 4 is 22.9 Å². The van der Waals surface area contributed by atoms with Crippen LogP contribution in [0.4, 0.5) is 0 Å². The van der Waals surface area contributed by atoms with Gasteiger partial charge in [0, 0.05) is 23.6 Å². The molecule has 0 aliphatic heterocycles. The number of hydrogen-bond donors (Lipinski definition) is 2. The number of nitrogens with one attached hydrogen (secondary N) is 1. The molecule has 0 atom stereocenters. The maximum absolute atomic E-state index is 11.1. The second kappa shape index (κ2) is 8.94. The van der Waals surface area contributed by atoms with Crippen LogP contribution < -0.4 is 24.4 Å². The van der Waals surface area contributed by atoms with Crippen LogP contribution in [0, 0.1) is 0 Å². The van der Waals surface area contributed by atoms with Gasteiger partial charge in [0.25, 0.3) is 5.91 Å². The van der Waals surface area contributed by atoms with E-state index in [1.165, 1.54) is 24.7 Å². The summed E-state index contributed by atoms with van der Waals surface area (Å²) < 4.78 is 22.0. The van der Waals surface area contributed by atoms with Gasteiger partial charge in [0.1, 0.15) is 11.5 Å². The first-order valence-electron chi connectivity index (χ1n) is 8.58. The van der Waals surface area contributed by atoms with Crippen LogP contribution in [0.2, 0.25) is 0 Å². The Kier molecular flexibility index (Phi) is 6.16. The average molecular weight is 396 g/mol.